The summed E-state index contributed by atoms with van der Waals surface area (Å²) in [5, 5.41) is 9.08. The highest BCUT2D eigenvalue weighted by atomic mass is 19.4. The number of para-hydroxylation sites is 1. The minimum atomic E-state index is -4.34. The fraction of sp³-hybridized carbons (Fsp3) is 0.533. The quantitative estimate of drug-likeness (QED) is 0.817. The van der Waals surface area contributed by atoms with Crippen molar-refractivity contribution in [2.75, 3.05) is 18.0 Å². The Labute approximate surface area is 116 Å². The number of benzene rings is 1. The van der Waals surface area contributed by atoms with Crippen molar-refractivity contribution in [1.82, 2.24) is 0 Å². The number of anilines is 1. The van der Waals surface area contributed by atoms with E-state index in [2.05, 4.69) is 6.07 Å². The van der Waals surface area contributed by atoms with Crippen molar-refractivity contribution >= 4 is 5.69 Å². The summed E-state index contributed by atoms with van der Waals surface area (Å²) in [6.45, 7) is 3.00. The average molecular weight is 282 g/mol. The van der Waals surface area contributed by atoms with Gasteiger partial charge in [0.1, 0.15) is 0 Å². The van der Waals surface area contributed by atoms with Gasteiger partial charge in [-0.25, -0.2) is 0 Å². The van der Waals surface area contributed by atoms with E-state index in [1.54, 1.807) is 11.0 Å². The van der Waals surface area contributed by atoms with E-state index >= 15 is 0 Å². The summed E-state index contributed by atoms with van der Waals surface area (Å²) in [6.07, 6.45) is -2.91. The second-order valence-electron chi connectivity index (χ2n) is 5.15. The molecule has 1 aromatic carbocycles. The lowest BCUT2D eigenvalue weighted by molar-refractivity contribution is -0.137. The Bertz CT molecular complexity index is 505. The fourth-order valence-electron chi connectivity index (χ4n) is 2.82. The Morgan fingerprint density at radius 3 is 2.65 bits per heavy atom. The lowest BCUT2D eigenvalue weighted by Crippen LogP contribution is -2.40. The van der Waals surface area contributed by atoms with Gasteiger partial charge in [0.15, 0.2) is 0 Å². The van der Waals surface area contributed by atoms with Gasteiger partial charge in [0, 0.05) is 18.8 Å². The van der Waals surface area contributed by atoms with Crippen molar-refractivity contribution in [3.05, 3.63) is 29.8 Å². The standard InChI is InChI=1S/C15H17F3N2/c1-2-11-10-20(8-7-12(11)9-19)14-6-4-3-5-13(14)15(16,17)18/h3-6,11-12H,2,7-8,10H2,1H3/t11-,12?/m1/s1. The number of halogens is 3. The highest BCUT2D eigenvalue weighted by Crippen LogP contribution is 2.38. The van der Waals surface area contributed by atoms with Crippen molar-refractivity contribution in [3.8, 4) is 6.07 Å². The first-order chi connectivity index (χ1) is 9.47. The molecule has 0 amide bonds. The van der Waals surface area contributed by atoms with Crippen molar-refractivity contribution in [2.24, 2.45) is 11.8 Å². The molecule has 108 valence electrons. The van der Waals surface area contributed by atoms with Gasteiger partial charge >= 0.3 is 6.18 Å². The molecular formula is C15H17F3N2. The van der Waals surface area contributed by atoms with Crippen LogP contribution < -0.4 is 4.90 Å². The highest BCUT2D eigenvalue weighted by molar-refractivity contribution is 5.55. The highest BCUT2D eigenvalue weighted by Gasteiger charge is 2.36. The molecule has 1 aromatic rings. The van der Waals surface area contributed by atoms with Gasteiger partial charge in [-0.05, 0) is 24.5 Å². The predicted molar refractivity (Wildman–Crippen MR) is 71.2 cm³/mol. The molecule has 1 aliphatic rings. The van der Waals surface area contributed by atoms with Gasteiger partial charge < -0.3 is 4.90 Å². The maximum atomic E-state index is 13.0. The first-order valence-electron chi connectivity index (χ1n) is 6.78. The van der Waals surface area contributed by atoms with Crippen LogP contribution in [-0.2, 0) is 6.18 Å². The fourth-order valence-corrected chi connectivity index (χ4v) is 2.82. The molecule has 2 nitrogen and oxygen atoms in total. The van der Waals surface area contributed by atoms with E-state index in [0.29, 0.717) is 19.5 Å². The second kappa shape index (κ2) is 5.74. The van der Waals surface area contributed by atoms with Crippen LogP contribution >= 0.6 is 0 Å². The lowest BCUT2D eigenvalue weighted by atomic mass is 9.84. The van der Waals surface area contributed by atoms with Gasteiger partial charge in [0.05, 0.1) is 17.6 Å². The Morgan fingerprint density at radius 1 is 1.35 bits per heavy atom. The van der Waals surface area contributed by atoms with E-state index in [9.17, 15) is 13.2 Å². The zero-order chi connectivity index (χ0) is 14.8. The smallest absolute Gasteiger partial charge is 0.371 e. The van der Waals surface area contributed by atoms with Crippen LogP contribution in [-0.4, -0.2) is 13.1 Å². The molecule has 1 heterocycles. The van der Waals surface area contributed by atoms with E-state index in [0.717, 1.165) is 12.5 Å². The maximum absolute atomic E-state index is 13.0. The first kappa shape index (κ1) is 14.7. The van der Waals surface area contributed by atoms with Gasteiger partial charge in [-0.3, -0.25) is 0 Å². The van der Waals surface area contributed by atoms with Crippen LogP contribution in [0.1, 0.15) is 25.3 Å². The third kappa shape index (κ3) is 2.90. The molecule has 20 heavy (non-hydrogen) atoms. The van der Waals surface area contributed by atoms with E-state index in [-0.39, 0.29) is 17.5 Å². The molecule has 1 aliphatic heterocycles. The van der Waals surface area contributed by atoms with Gasteiger partial charge in [0.2, 0.25) is 0 Å². The van der Waals surface area contributed by atoms with Crippen LogP contribution in [0.15, 0.2) is 24.3 Å². The van der Waals surface area contributed by atoms with Crippen molar-refractivity contribution in [2.45, 2.75) is 25.9 Å². The van der Waals surface area contributed by atoms with Gasteiger partial charge in [-0.2, -0.15) is 18.4 Å². The normalized spacial score (nSPS) is 23.4. The Kier molecular flexibility index (Phi) is 4.22. The Hall–Kier alpha value is -1.70. The predicted octanol–water partition coefficient (Wildman–Crippen LogP) is 4.08. The maximum Gasteiger partial charge on any atom is 0.418 e. The molecule has 1 fully saturated rings. The van der Waals surface area contributed by atoms with E-state index in [1.165, 1.54) is 12.1 Å². The molecule has 0 aliphatic carbocycles. The monoisotopic (exact) mass is 282 g/mol. The summed E-state index contributed by atoms with van der Waals surface area (Å²) >= 11 is 0. The molecule has 0 spiro atoms. The minimum absolute atomic E-state index is 0.0469. The number of nitrogens with zero attached hydrogens (tertiary/aromatic N) is 2. The first-order valence-corrected chi connectivity index (χ1v) is 6.78. The number of hydrogen-bond donors (Lipinski definition) is 0. The summed E-state index contributed by atoms with van der Waals surface area (Å²) in [7, 11) is 0. The Balaban J connectivity index is 2.28. The second-order valence-corrected chi connectivity index (χ2v) is 5.15. The third-order valence-electron chi connectivity index (χ3n) is 3.97. The summed E-state index contributed by atoms with van der Waals surface area (Å²) < 4.78 is 39.1. The number of alkyl halides is 3. The van der Waals surface area contributed by atoms with Crippen LogP contribution in [0, 0.1) is 23.2 Å². The molecule has 2 rings (SSSR count). The zero-order valence-electron chi connectivity index (χ0n) is 11.3. The molecule has 0 radical (unpaired) electrons. The van der Waals surface area contributed by atoms with E-state index in [4.69, 9.17) is 5.26 Å². The minimum Gasteiger partial charge on any atom is -0.371 e. The summed E-state index contributed by atoms with van der Waals surface area (Å²) in [6, 6.07) is 7.94. The molecule has 5 heteroatoms. The van der Waals surface area contributed by atoms with Gasteiger partial charge in [0.25, 0.3) is 0 Å². The molecule has 0 aromatic heterocycles. The number of piperidine rings is 1. The number of hydrogen-bond acceptors (Lipinski definition) is 2. The summed E-state index contributed by atoms with van der Waals surface area (Å²) in [5.41, 5.74) is -0.361. The Morgan fingerprint density at radius 2 is 2.05 bits per heavy atom. The molecule has 1 unspecified atom stereocenters. The zero-order valence-corrected chi connectivity index (χ0v) is 11.3. The SMILES string of the molecule is CC[C@@H]1CN(c2ccccc2C(F)(F)F)CCC1C#N. The van der Waals surface area contributed by atoms with Gasteiger partial charge in [-0.15, -0.1) is 0 Å². The number of nitriles is 1. The molecule has 0 bridgehead atoms. The molecule has 1 saturated heterocycles. The van der Waals surface area contributed by atoms with Crippen molar-refractivity contribution < 1.29 is 13.2 Å². The van der Waals surface area contributed by atoms with Crippen LogP contribution in [0.3, 0.4) is 0 Å². The van der Waals surface area contributed by atoms with E-state index < -0.39 is 11.7 Å². The largest absolute Gasteiger partial charge is 0.418 e. The number of rotatable bonds is 2. The van der Waals surface area contributed by atoms with E-state index in [1.807, 2.05) is 6.92 Å². The molecule has 0 saturated carbocycles. The summed E-state index contributed by atoms with van der Waals surface area (Å²) in [4.78, 5) is 1.77. The molecule has 2 atom stereocenters. The topological polar surface area (TPSA) is 27.0 Å². The van der Waals surface area contributed by atoms with Gasteiger partial charge in [-0.1, -0.05) is 25.5 Å². The van der Waals surface area contributed by atoms with Crippen molar-refractivity contribution in [1.29, 1.82) is 5.26 Å². The van der Waals surface area contributed by atoms with Crippen LogP contribution in [0.2, 0.25) is 0 Å². The molecular weight excluding hydrogens is 265 g/mol. The third-order valence-corrected chi connectivity index (χ3v) is 3.97. The summed E-state index contributed by atoms with van der Waals surface area (Å²) in [5.74, 6) is 0.0874. The molecule has 0 N–H and O–H groups in total. The average Bonchev–Trinajstić information content (AvgIpc) is 2.45. The van der Waals surface area contributed by atoms with Crippen LogP contribution in [0.25, 0.3) is 0 Å². The van der Waals surface area contributed by atoms with Crippen molar-refractivity contribution in [3.63, 3.8) is 0 Å². The lowest BCUT2D eigenvalue weighted by Gasteiger charge is -2.37. The van der Waals surface area contributed by atoms with Crippen LogP contribution in [0.4, 0.5) is 18.9 Å². The van der Waals surface area contributed by atoms with Crippen LogP contribution in [0.5, 0.6) is 0 Å².